The third kappa shape index (κ3) is 2.42. The van der Waals surface area contributed by atoms with E-state index in [4.69, 9.17) is 0 Å². The molecule has 2 N–H and O–H groups in total. The van der Waals surface area contributed by atoms with Crippen LogP contribution >= 0.6 is 0 Å². The summed E-state index contributed by atoms with van der Waals surface area (Å²) in [5.74, 6) is 0.711. The van der Waals surface area contributed by atoms with Crippen molar-refractivity contribution in [2.45, 2.75) is 19.4 Å². The maximum absolute atomic E-state index is 11.7. The number of rotatable bonds is 4. The van der Waals surface area contributed by atoms with E-state index in [1.54, 1.807) is 0 Å². The van der Waals surface area contributed by atoms with E-state index >= 15 is 0 Å². The first-order valence-electron chi connectivity index (χ1n) is 5.68. The van der Waals surface area contributed by atoms with E-state index in [2.05, 4.69) is 12.2 Å². The van der Waals surface area contributed by atoms with Crippen molar-refractivity contribution in [1.29, 1.82) is 0 Å². The van der Waals surface area contributed by atoms with Crippen molar-refractivity contribution in [3.63, 3.8) is 0 Å². The third-order valence-electron chi connectivity index (χ3n) is 3.15. The average molecular weight is 219 g/mol. The Kier molecular flexibility index (Phi) is 3.25. The molecule has 0 aliphatic heterocycles. The van der Waals surface area contributed by atoms with Crippen molar-refractivity contribution in [2.75, 3.05) is 6.61 Å². The third-order valence-corrected chi connectivity index (χ3v) is 3.15. The van der Waals surface area contributed by atoms with E-state index in [9.17, 15) is 9.90 Å². The lowest BCUT2D eigenvalue weighted by molar-refractivity contribution is -0.123. The highest BCUT2D eigenvalue weighted by Crippen LogP contribution is 2.38. The molecule has 1 saturated carbocycles. The fourth-order valence-corrected chi connectivity index (χ4v) is 1.89. The van der Waals surface area contributed by atoms with Crippen molar-refractivity contribution in [3.05, 3.63) is 35.9 Å². The van der Waals surface area contributed by atoms with Gasteiger partial charge in [0.1, 0.15) is 0 Å². The van der Waals surface area contributed by atoms with Crippen molar-refractivity contribution in [1.82, 2.24) is 5.32 Å². The Bertz CT molecular complexity index is 363. The first kappa shape index (κ1) is 11.1. The zero-order valence-electron chi connectivity index (χ0n) is 9.39. The van der Waals surface area contributed by atoms with E-state index in [1.807, 2.05) is 30.3 Å². The maximum Gasteiger partial charge on any atom is 0.223 e. The Labute approximate surface area is 95.5 Å². The number of carbonyl (C=O) groups is 1. The molecule has 1 aliphatic carbocycles. The minimum atomic E-state index is -0.276. The molecular weight excluding hydrogens is 202 g/mol. The molecule has 0 spiro atoms. The molecule has 1 amide bonds. The molecule has 3 heteroatoms. The fourth-order valence-electron chi connectivity index (χ4n) is 1.89. The van der Waals surface area contributed by atoms with Crippen LogP contribution in [0.5, 0.6) is 0 Å². The molecule has 2 unspecified atom stereocenters. The zero-order valence-corrected chi connectivity index (χ0v) is 9.39. The van der Waals surface area contributed by atoms with Crippen LogP contribution in [0.15, 0.2) is 30.3 Å². The molecule has 1 aromatic carbocycles. The molecule has 86 valence electrons. The molecular formula is C13H17NO2. The van der Waals surface area contributed by atoms with Gasteiger partial charge in [-0.2, -0.15) is 0 Å². The summed E-state index contributed by atoms with van der Waals surface area (Å²) in [5, 5.41) is 12.2. The minimum Gasteiger partial charge on any atom is -0.394 e. The second-order valence-electron chi connectivity index (χ2n) is 4.47. The predicted octanol–water partition coefficient (Wildman–Crippen LogP) is 1.49. The summed E-state index contributed by atoms with van der Waals surface area (Å²) in [6, 6.07) is 9.28. The SMILES string of the molecule is CC1CC1C(=O)N[C@@H](CO)c1ccccc1. The number of aliphatic hydroxyl groups excluding tert-OH is 1. The molecule has 0 radical (unpaired) electrons. The van der Waals surface area contributed by atoms with Gasteiger partial charge in [0.05, 0.1) is 12.6 Å². The normalized spacial score (nSPS) is 24.9. The Balaban J connectivity index is 1.98. The van der Waals surface area contributed by atoms with Gasteiger partial charge in [-0.05, 0) is 17.9 Å². The van der Waals surface area contributed by atoms with Gasteiger partial charge in [0, 0.05) is 5.92 Å². The van der Waals surface area contributed by atoms with Crippen LogP contribution in [0.2, 0.25) is 0 Å². The molecule has 1 fully saturated rings. The molecule has 3 nitrogen and oxygen atoms in total. The van der Waals surface area contributed by atoms with Crippen molar-refractivity contribution >= 4 is 5.91 Å². The second-order valence-corrected chi connectivity index (χ2v) is 4.47. The van der Waals surface area contributed by atoms with Gasteiger partial charge < -0.3 is 10.4 Å². The van der Waals surface area contributed by atoms with Crippen molar-refractivity contribution < 1.29 is 9.90 Å². The number of hydrogen-bond acceptors (Lipinski definition) is 2. The molecule has 0 heterocycles. The summed E-state index contributed by atoms with van der Waals surface area (Å²) in [5.41, 5.74) is 0.951. The lowest BCUT2D eigenvalue weighted by Gasteiger charge is -2.16. The van der Waals surface area contributed by atoms with Crippen LogP contribution in [-0.2, 0) is 4.79 Å². The van der Waals surface area contributed by atoms with E-state index < -0.39 is 0 Å². The van der Waals surface area contributed by atoms with Gasteiger partial charge in [-0.15, -0.1) is 0 Å². The molecule has 3 atom stereocenters. The topological polar surface area (TPSA) is 49.3 Å². The average Bonchev–Trinajstić information content (AvgIpc) is 3.04. The standard InChI is InChI=1S/C13H17NO2/c1-9-7-11(9)13(16)14-12(8-15)10-5-3-2-4-6-10/h2-6,9,11-12,15H,7-8H2,1H3,(H,14,16)/t9?,11?,12-/m0/s1. The Morgan fingerprint density at radius 1 is 1.50 bits per heavy atom. The summed E-state index contributed by atoms with van der Waals surface area (Å²) in [7, 11) is 0. The Hall–Kier alpha value is -1.35. The quantitative estimate of drug-likeness (QED) is 0.806. The van der Waals surface area contributed by atoms with Gasteiger partial charge in [0.15, 0.2) is 0 Å². The molecule has 1 aromatic rings. The molecule has 0 aromatic heterocycles. The number of carbonyl (C=O) groups excluding carboxylic acids is 1. The van der Waals surface area contributed by atoms with Gasteiger partial charge in [-0.25, -0.2) is 0 Å². The van der Waals surface area contributed by atoms with Crippen LogP contribution in [0, 0.1) is 11.8 Å². The maximum atomic E-state index is 11.7. The van der Waals surface area contributed by atoms with Gasteiger partial charge in [-0.1, -0.05) is 37.3 Å². The fraction of sp³-hybridized carbons (Fsp3) is 0.462. The van der Waals surface area contributed by atoms with E-state index in [1.165, 1.54) is 0 Å². The summed E-state index contributed by atoms with van der Waals surface area (Å²) < 4.78 is 0. The van der Waals surface area contributed by atoms with Crippen LogP contribution in [-0.4, -0.2) is 17.6 Å². The Morgan fingerprint density at radius 3 is 2.62 bits per heavy atom. The first-order valence-corrected chi connectivity index (χ1v) is 5.68. The van der Waals surface area contributed by atoms with Crippen LogP contribution < -0.4 is 5.32 Å². The zero-order chi connectivity index (χ0) is 11.5. The lowest BCUT2D eigenvalue weighted by atomic mass is 10.1. The highest BCUT2D eigenvalue weighted by Gasteiger charge is 2.39. The molecule has 0 saturated heterocycles. The number of nitrogens with one attached hydrogen (secondary N) is 1. The van der Waals surface area contributed by atoms with Crippen LogP contribution in [0.25, 0.3) is 0 Å². The van der Waals surface area contributed by atoms with Gasteiger partial charge in [-0.3, -0.25) is 4.79 Å². The van der Waals surface area contributed by atoms with E-state index in [-0.39, 0.29) is 24.5 Å². The highest BCUT2D eigenvalue weighted by molar-refractivity contribution is 5.81. The molecule has 16 heavy (non-hydrogen) atoms. The van der Waals surface area contributed by atoms with Gasteiger partial charge >= 0.3 is 0 Å². The minimum absolute atomic E-state index is 0.0587. The summed E-state index contributed by atoms with van der Waals surface area (Å²) in [4.78, 5) is 11.7. The summed E-state index contributed by atoms with van der Waals surface area (Å²) in [6.07, 6.45) is 0.971. The number of benzene rings is 1. The van der Waals surface area contributed by atoms with E-state index in [0.717, 1.165) is 12.0 Å². The number of amides is 1. The smallest absolute Gasteiger partial charge is 0.223 e. The highest BCUT2D eigenvalue weighted by atomic mass is 16.3. The van der Waals surface area contributed by atoms with Crippen molar-refractivity contribution in [2.24, 2.45) is 11.8 Å². The molecule has 1 aliphatic rings. The predicted molar refractivity (Wildman–Crippen MR) is 61.7 cm³/mol. The molecule has 0 bridgehead atoms. The van der Waals surface area contributed by atoms with E-state index in [0.29, 0.717) is 5.92 Å². The van der Waals surface area contributed by atoms with Gasteiger partial charge in [0.2, 0.25) is 5.91 Å². The largest absolute Gasteiger partial charge is 0.394 e. The summed E-state index contributed by atoms with van der Waals surface area (Å²) >= 11 is 0. The van der Waals surface area contributed by atoms with Crippen molar-refractivity contribution in [3.8, 4) is 0 Å². The lowest BCUT2D eigenvalue weighted by Crippen LogP contribution is -2.32. The number of hydrogen-bond donors (Lipinski definition) is 2. The first-order chi connectivity index (χ1) is 7.72. The van der Waals surface area contributed by atoms with Gasteiger partial charge in [0.25, 0.3) is 0 Å². The molecule has 2 rings (SSSR count). The second kappa shape index (κ2) is 4.66. The van der Waals surface area contributed by atoms with Crippen LogP contribution in [0.4, 0.5) is 0 Å². The monoisotopic (exact) mass is 219 g/mol. The number of aliphatic hydroxyl groups is 1. The van der Waals surface area contributed by atoms with Crippen LogP contribution in [0.3, 0.4) is 0 Å². The summed E-state index contributed by atoms with van der Waals surface area (Å²) in [6.45, 7) is 2.01. The van der Waals surface area contributed by atoms with Crippen LogP contribution in [0.1, 0.15) is 24.9 Å². The Morgan fingerprint density at radius 2 is 2.12 bits per heavy atom.